The van der Waals surface area contributed by atoms with Crippen molar-refractivity contribution in [2.75, 3.05) is 20.8 Å². The van der Waals surface area contributed by atoms with E-state index in [-0.39, 0.29) is 17.9 Å². The van der Waals surface area contributed by atoms with Crippen molar-refractivity contribution in [1.29, 1.82) is 0 Å². The Kier molecular flexibility index (Phi) is 5.57. The molecule has 1 amide bonds. The summed E-state index contributed by atoms with van der Waals surface area (Å²) in [5.41, 5.74) is -0.237. The molecule has 0 saturated heterocycles. The maximum atomic E-state index is 13.6. The van der Waals surface area contributed by atoms with Crippen LogP contribution in [-0.4, -0.2) is 38.0 Å². The van der Waals surface area contributed by atoms with Crippen LogP contribution in [0.5, 0.6) is 5.75 Å². The number of hydrogen-bond acceptors (Lipinski definition) is 4. The number of rotatable bonds is 5. The zero-order valence-electron chi connectivity index (χ0n) is 10.4. The minimum absolute atomic E-state index is 0.0988. The third kappa shape index (κ3) is 3.82. The normalized spacial score (nSPS) is 11.6. The highest BCUT2D eigenvalue weighted by atomic mass is 35.5. The lowest BCUT2D eigenvalue weighted by molar-refractivity contribution is -0.140. The van der Waals surface area contributed by atoms with Crippen molar-refractivity contribution in [1.82, 2.24) is 5.32 Å². The Labute approximate surface area is 114 Å². The van der Waals surface area contributed by atoms with E-state index in [0.717, 1.165) is 6.07 Å². The molecule has 1 unspecified atom stereocenters. The average molecular weight is 290 g/mol. The maximum Gasteiger partial charge on any atom is 0.325 e. The van der Waals surface area contributed by atoms with Crippen LogP contribution in [-0.2, 0) is 9.53 Å². The van der Waals surface area contributed by atoms with Gasteiger partial charge in [0.15, 0.2) is 0 Å². The van der Waals surface area contributed by atoms with Gasteiger partial charge in [-0.05, 0) is 12.1 Å². The van der Waals surface area contributed by atoms with E-state index >= 15 is 0 Å². The fraction of sp³-hybridized carbons (Fsp3) is 0.333. The quantitative estimate of drug-likeness (QED) is 0.656. The van der Waals surface area contributed by atoms with Crippen molar-refractivity contribution in [3.05, 3.63) is 29.6 Å². The third-order valence-electron chi connectivity index (χ3n) is 2.32. The summed E-state index contributed by atoms with van der Waals surface area (Å²) in [6.45, 7) is -0.176. The number of amides is 1. The molecule has 0 bridgehead atoms. The summed E-state index contributed by atoms with van der Waals surface area (Å²) in [4.78, 5) is 22.9. The number of esters is 1. The summed E-state index contributed by atoms with van der Waals surface area (Å²) in [6, 6.07) is 4.01. The van der Waals surface area contributed by atoms with Crippen molar-refractivity contribution >= 4 is 23.5 Å². The van der Waals surface area contributed by atoms with Gasteiger partial charge in [0, 0.05) is 6.54 Å². The number of ether oxygens (including phenoxy) is 2. The van der Waals surface area contributed by atoms with Gasteiger partial charge in [-0.2, -0.15) is 0 Å². The highest BCUT2D eigenvalue weighted by Crippen LogP contribution is 2.20. The van der Waals surface area contributed by atoms with Gasteiger partial charge in [-0.3, -0.25) is 9.59 Å². The first-order valence-electron chi connectivity index (χ1n) is 5.33. The van der Waals surface area contributed by atoms with Crippen LogP contribution in [0.2, 0.25) is 0 Å². The lowest BCUT2D eigenvalue weighted by Gasteiger charge is -2.11. The van der Waals surface area contributed by atoms with Crippen LogP contribution in [0.4, 0.5) is 4.39 Å². The van der Waals surface area contributed by atoms with Gasteiger partial charge in [0.2, 0.25) is 0 Å². The second-order valence-electron chi connectivity index (χ2n) is 3.52. The fourth-order valence-corrected chi connectivity index (χ4v) is 1.54. The summed E-state index contributed by atoms with van der Waals surface area (Å²) in [6.07, 6.45) is 0. The van der Waals surface area contributed by atoms with Gasteiger partial charge in [0.25, 0.3) is 5.91 Å². The highest BCUT2D eigenvalue weighted by molar-refractivity contribution is 6.30. The van der Waals surface area contributed by atoms with E-state index in [1.165, 1.54) is 26.4 Å². The van der Waals surface area contributed by atoms with E-state index in [9.17, 15) is 14.0 Å². The summed E-state index contributed by atoms with van der Waals surface area (Å²) < 4.78 is 22.9. The summed E-state index contributed by atoms with van der Waals surface area (Å²) in [7, 11) is 2.50. The first-order chi connectivity index (χ1) is 9.01. The van der Waals surface area contributed by atoms with Crippen molar-refractivity contribution in [2.45, 2.75) is 5.38 Å². The number of halogens is 2. The van der Waals surface area contributed by atoms with Crippen molar-refractivity contribution < 1.29 is 23.5 Å². The minimum atomic E-state index is -1.04. The fourth-order valence-electron chi connectivity index (χ4n) is 1.38. The van der Waals surface area contributed by atoms with E-state index in [1.54, 1.807) is 0 Å². The number of carbonyl (C=O) groups is 2. The van der Waals surface area contributed by atoms with Crippen LogP contribution in [0, 0.1) is 5.82 Å². The van der Waals surface area contributed by atoms with Crippen molar-refractivity contribution in [3.8, 4) is 5.75 Å². The maximum absolute atomic E-state index is 13.6. The molecular weight excluding hydrogens is 277 g/mol. The Morgan fingerprint density at radius 1 is 1.42 bits per heavy atom. The van der Waals surface area contributed by atoms with E-state index < -0.39 is 23.1 Å². The molecule has 19 heavy (non-hydrogen) atoms. The van der Waals surface area contributed by atoms with Gasteiger partial charge >= 0.3 is 5.97 Å². The summed E-state index contributed by atoms with van der Waals surface area (Å²) in [5, 5.41) is 1.30. The van der Waals surface area contributed by atoms with Gasteiger partial charge in [0.05, 0.1) is 14.2 Å². The number of nitrogens with one attached hydrogen (secondary N) is 1. The van der Waals surface area contributed by atoms with Gasteiger partial charge in [-0.1, -0.05) is 6.07 Å². The Morgan fingerprint density at radius 2 is 2.11 bits per heavy atom. The van der Waals surface area contributed by atoms with Crippen LogP contribution >= 0.6 is 11.6 Å². The minimum Gasteiger partial charge on any atom is -0.496 e. The number of benzene rings is 1. The Bertz CT molecular complexity index is 481. The molecule has 1 N–H and O–H groups in total. The molecular formula is C12H13ClFNO4. The van der Waals surface area contributed by atoms with Gasteiger partial charge in [-0.15, -0.1) is 11.6 Å². The van der Waals surface area contributed by atoms with Crippen LogP contribution in [0.15, 0.2) is 18.2 Å². The van der Waals surface area contributed by atoms with E-state index in [2.05, 4.69) is 10.1 Å². The van der Waals surface area contributed by atoms with E-state index in [1.807, 2.05) is 0 Å². The molecule has 0 radical (unpaired) electrons. The SMILES string of the molecule is COC(=O)C(Cl)CNC(=O)c1c(F)cccc1OC. The molecule has 0 heterocycles. The van der Waals surface area contributed by atoms with E-state index in [4.69, 9.17) is 16.3 Å². The molecule has 0 fully saturated rings. The molecule has 1 aromatic carbocycles. The first kappa shape index (κ1) is 15.2. The van der Waals surface area contributed by atoms with E-state index in [0.29, 0.717) is 0 Å². The Balaban J connectivity index is 2.76. The number of hydrogen-bond donors (Lipinski definition) is 1. The number of alkyl halides is 1. The molecule has 1 aromatic rings. The molecule has 0 aromatic heterocycles. The predicted octanol–water partition coefficient (Wildman–Crippen LogP) is 1.34. The van der Waals surface area contributed by atoms with Crippen molar-refractivity contribution in [3.63, 3.8) is 0 Å². The molecule has 0 spiro atoms. The standard InChI is InChI=1S/C12H13ClFNO4/c1-18-9-5-3-4-8(14)10(9)11(16)15-6-7(13)12(17)19-2/h3-5,7H,6H2,1-2H3,(H,15,16). The molecule has 0 aliphatic rings. The average Bonchev–Trinajstić information content (AvgIpc) is 2.42. The third-order valence-corrected chi connectivity index (χ3v) is 2.65. The van der Waals surface area contributed by atoms with Gasteiger partial charge in [-0.25, -0.2) is 4.39 Å². The monoisotopic (exact) mass is 289 g/mol. The molecule has 0 aliphatic heterocycles. The Morgan fingerprint density at radius 3 is 2.68 bits per heavy atom. The summed E-state index contributed by atoms with van der Waals surface area (Å²) >= 11 is 5.66. The van der Waals surface area contributed by atoms with Crippen LogP contribution in [0.1, 0.15) is 10.4 Å². The smallest absolute Gasteiger partial charge is 0.325 e. The lowest BCUT2D eigenvalue weighted by Crippen LogP contribution is -2.34. The van der Waals surface area contributed by atoms with Crippen LogP contribution in [0.25, 0.3) is 0 Å². The second-order valence-corrected chi connectivity index (χ2v) is 4.04. The van der Waals surface area contributed by atoms with Crippen LogP contribution < -0.4 is 10.1 Å². The number of methoxy groups -OCH3 is 2. The molecule has 1 rings (SSSR count). The first-order valence-corrected chi connectivity index (χ1v) is 5.77. The van der Waals surface area contributed by atoms with Crippen molar-refractivity contribution in [2.24, 2.45) is 0 Å². The number of carbonyl (C=O) groups excluding carboxylic acids is 2. The predicted molar refractivity (Wildman–Crippen MR) is 66.9 cm³/mol. The second kappa shape index (κ2) is 6.94. The molecule has 0 saturated carbocycles. The zero-order valence-corrected chi connectivity index (χ0v) is 11.2. The molecule has 0 aliphatic carbocycles. The van der Waals surface area contributed by atoms with Gasteiger partial charge in [0.1, 0.15) is 22.5 Å². The molecule has 5 nitrogen and oxygen atoms in total. The molecule has 1 atom stereocenters. The largest absolute Gasteiger partial charge is 0.496 e. The van der Waals surface area contributed by atoms with Crippen LogP contribution in [0.3, 0.4) is 0 Å². The zero-order chi connectivity index (χ0) is 14.4. The lowest BCUT2D eigenvalue weighted by atomic mass is 10.1. The highest BCUT2D eigenvalue weighted by Gasteiger charge is 2.21. The van der Waals surface area contributed by atoms with Gasteiger partial charge < -0.3 is 14.8 Å². The molecule has 104 valence electrons. The summed E-state index contributed by atoms with van der Waals surface area (Å²) in [5.74, 6) is -2.02. The Hall–Kier alpha value is -1.82. The molecule has 7 heteroatoms. The topological polar surface area (TPSA) is 64.6 Å².